The van der Waals surface area contributed by atoms with Crippen molar-refractivity contribution in [2.24, 2.45) is 28.6 Å². The van der Waals surface area contributed by atoms with Gasteiger partial charge in [-0.15, -0.1) is 0 Å². The first-order chi connectivity index (χ1) is 10.6. The minimum Gasteiger partial charge on any atom is -0.392 e. The molecule has 8 unspecified atom stereocenters. The van der Waals surface area contributed by atoms with E-state index in [1.165, 1.54) is 5.57 Å². The van der Waals surface area contributed by atoms with Crippen molar-refractivity contribution in [1.82, 2.24) is 0 Å². The zero-order valence-corrected chi connectivity index (χ0v) is 15.2. The SMILES string of the molecule is CC(C)C1=CC(O)C2(C)C(O)CC3(C)CC4OC4(C)CCC3C12. The van der Waals surface area contributed by atoms with Crippen molar-refractivity contribution in [3.8, 4) is 0 Å². The van der Waals surface area contributed by atoms with Gasteiger partial charge in [0, 0.05) is 5.41 Å². The smallest absolute Gasteiger partial charge is 0.0920 e. The zero-order valence-electron chi connectivity index (χ0n) is 15.2. The van der Waals surface area contributed by atoms with E-state index >= 15 is 0 Å². The van der Waals surface area contributed by atoms with Gasteiger partial charge in [0.25, 0.3) is 0 Å². The molecule has 0 aromatic rings. The van der Waals surface area contributed by atoms with E-state index in [4.69, 9.17) is 4.74 Å². The largest absolute Gasteiger partial charge is 0.392 e. The lowest BCUT2D eigenvalue weighted by Gasteiger charge is -2.56. The topological polar surface area (TPSA) is 53.0 Å². The number of rotatable bonds is 1. The second-order valence-electron chi connectivity index (χ2n) is 9.75. The van der Waals surface area contributed by atoms with Gasteiger partial charge in [-0.2, -0.15) is 0 Å². The monoisotopic (exact) mass is 320 g/mol. The highest BCUT2D eigenvalue weighted by Gasteiger charge is 2.66. The van der Waals surface area contributed by atoms with E-state index in [-0.39, 0.29) is 11.0 Å². The molecule has 8 atom stereocenters. The third-order valence-corrected chi connectivity index (χ3v) is 8.00. The highest BCUT2D eigenvalue weighted by molar-refractivity contribution is 5.31. The maximum absolute atomic E-state index is 11.0. The van der Waals surface area contributed by atoms with Crippen LogP contribution in [0.3, 0.4) is 0 Å². The Kier molecular flexibility index (Phi) is 3.23. The molecular weight excluding hydrogens is 288 g/mol. The number of aliphatic hydroxyl groups is 2. The van der Waals surface area contributed by atoms with E-state index in [9.17, 15) is 10.2 Å². The van der Waals surface area contributed by atoms with Gasteiger partial charge in [-0.1, -0.05) is 39.3 Å². The molecule has 0 radical (unpaired) electrons. The fourth-order valence-electron chi connectivity index (χ4n) is 6.23. The van der Waals surface area contributed by atoms with Gasteiger partial charge in [-0.05, 0) is 55.8 Å². The van der Waals surface area contributed by atoms with Crippen LogP contribution in [-0.4, -0.2) is 34.1 Å². The summed E-state index contributed by atoms with van der Waals surface area (Å²) in [6.45, 7) is 11.2. The number of allylic oxidation sites excluding steroid dienone is 1. The summed E-state index contributed by atoms with van der Waals surface area (Å²) < 4.78 is 5.98. The summed E-state index contributed by atoms with van der Waals surface area (Å²) in [4.78, 5) is 0. The van der Waals surface area contributed by atoms with Crippen molar-refractivity contribution < 1.29 is 14.9 Å². The summed E-state index contributed by atoms with van der Waals surface area (Å²) in [5, 5.41) is 21.8. The molecule has 0 bridgehead atoms. The summed E-state index contributed by atoms with van der Waals surface area (Å²) in [7, 11) is 0. The molecule has 0 aromatic heterocycles. The Labute approximate surface area is 140 Å². The van der Waals surface area contributed by atoms with Crippen LogP contribution in [0.15, 0.2) is 11.6 Å². The van der Waals surface area contributed by atoms with Crippen LogP contribution in [0.2, 0.25) is 0 Å². The maximum Gasteiger partial charge on any atom is 0.0920 e. The van der Waals surface area contributed by atoms with Gasteiger partial charge in [0.2, 0.25) is 0 Å². The first-order valence-corrected chi connectivity index (χ1v) is 9.37. The molecule has 3 heteroatoms. The molecule has 3 nitrogen and oxygen atoms in total. The Morgan fingerprint density at radius 1 is 1.17 bits per heavy atom. The predicted molar refractivity (Wildman–Crippen MR) is 89.9 cm³/mol. The number of ether oxygens (including phenoxy) is 1. The van der Waals surface area contributed by atoms with Crippen molar-refractivity contribution in [1.29, 1.82) is 0 Å². The molecule has 2 N–H and O–H groups in total. The van der Waals surface area contributed by atoms with Crippen LogP contribution >= 0.6 is 0 Å². The Bertz CT molecular complexity index is 555. The summed E-state index contributed by atoms with van der Waals surface area (Å²) in [6.07, 6.45) is 5.57. The number of hydrogen-bond acceptors (Lipinski definition) is 3. The molecule has 0 aromatic carbocycles. The lowest BCUT2D eigenvalue weighted by atomic mass is 9.49. The first kappa shape index (κ1) is 16.1. The molecular formula is C20H32O3. The molecule has 0 amide bonds. The zero-order chi connectivity index (χ0) is 16.8. The molecule has 130 valence electrons. The Morgan fingerprint density at radius 2 is 1.87 bits per heavy atom. The Morgan fingerprint density at radius 3 is 2.52 bits per heavy atom. The minimum absolute atomic E-state index is 0.0701. The van der Waals surface area contributed by atoms with Crippen LogP contribution in [0.25, 0.3) is 0 Å². The van der Waals surface area contributed by atoms with E-state index < -0.39 is 17.6 Å². The van der Waals surface area contributed by atoms with Gasteiger partial charge in [0.1, 0.15) is 0 Å². The molecule has 23 heavy (non-hydrogen) atoms. The number of aliphatic hydroxyl groups excluding tert-OH is 2. The third kappa shape index (κ3) is 1.99. The van der Waals surface area contributed by atoms with E-state index in [0.717, 1.165) is 25.7 Å². The molecule has 1 saturated heterocycles. The lowest BCUT2D eigenvalue weighted by Crippen LogP contribution is -2.57. The van der Waals surface area contributed by atoms with Crippen molar-refractivity contribution in [3.05, 3.63) is 11.6 Å². The summed E-state index contributed by atoms with van der Waals surface area (Å²) in [6, 6.07) is 0. The fraction of sp³-hybridized carbons (Fsp3) is 0.900. The van der Waals surface area contributed by atoms with Gasteiger partial charge < -0.3 is 14.9 Å². The average molecular weight is 320 g/mol. The van der Waals surface area contributed by atoms with Crippen molar-refractivity contribution in [2.75, 3.05) is 0 Å². The van der Waals surface area contributed by atoms with Crippen LogP contribution in [0, 0.1) is 28.6 Å². The van der Waals surface area contributed by atoms with Crippen molar-refractivity contribution in [2.45, 2.75) is 84.2 Å². The number of fused-ring (bicyclic) bond motifs is 4. The minimum atomic E-state index is -0.519. The quantitative estimate of drug-likeness (QED) is 0.576. The number of hydrogen-bond donors (Lipinski definition) is 2. The first-order valence-electron chi connectivity index (χ1n) is 9.37. The highest BCUT2D eigenvalue weighted by atomic mass is 16.6. The molecule has 0 spiro atoms. The van der Waals surface area contributed by atoms with Crippen LogP contribution in [0.4, 0.5) is 0 Å². The van der Waals surface area contributed by atoms with Crippen LogP contribution in [-0.2, 0) is 4.74 Å². The van der Waals surface area contributed by atoms with Gasteiger partial charge in [-0.25, -0.2) is 0 Å². The second-order valence-corrected chi connectivity index (χ2v) is 9.75. The van der Waals surface area contributed by atoms with Gasteiger partial charge >= 0.3 is 0 Å². The van der Waals surface area contributed by atoms with Crippen LogP contribution < -0.4 is 0 Å². The van der Waals surface area contributed by atoms with E-state index in [0.29, 0.717) is 23.9 Å². The third-order valence-electron chi connectivity index (χ3n) is 8.00. The second kappa shape index (κ2) is 4.62. The summed E-state index contributed by atoms with van der Waals surface area (Å²) in [5.74, 6) is 1.26. The number of epoxide rings is 1. The Hall–Kier alpha value is -0.380. The normalized spacial score (nSPS) is 58.1. The molecule has 3 fully saturated rings. The summed E-state index contributed by atoms with van der Waals surface area (Å²) >= 11 is 0. The maximum atomic E-state index is 11.0. The molecule has 3 aliphatic carbocycles. The van der Waals surface area contributed by atoms with Crippen molar-refractivity contribution in [3.63, 3.8) is 0 Å². The van der Waals surface area contributed by atoms with E-state index in [1.54, 1.807) is 0 Å². The highest BCUT2D eigenvalue weighted by Crippen LogP contribution is 2.66. The molecule has 1 aliphatic heterocycles. The van der Waals surface area contributed by atoms with E-state index in [1.807, 2.05) is 0 Å². The van der Waals surface area contributed by atoms with Crippen LogP contribution in [0.1, 0.15) is 60.3 Å². The van der Waals surface area contributed by atoms with E-state index in [2.05, 4.69) is 40.7 Å². The summed E-state index contributed by atoms with van der Waals surface area (Å²) in [5.41, 5.74) is 1.14. The fourth-order valence-corrected chi connectivity index (χ4v) is 6.23. The van der Waals surface area contributed by atoms with Gasteiger partial charge in [0.05, 0.1) is 23.9 Å². The standard InChI is InChI=1S/C20H32O3/c1-11(2)12-8-14(21)20(5)15(22)9-18(3)10-16-19(4,23-16)7-6-13(18)17(12)20/h8,11,13-17,21-22H,6-7,9-10H2,1-5H3. The van der Waals surface area contributed by atoms with Gasteiger partial charge in [0.15, 0.2) is 0 Å². The molecule has 4 rings (SSSR count). The Balaban J connectivity index is 1.77. The van der Waals surface area contributed by atoms with Gasteiger partial charge in [-0.3, -0.25) is 0 Å². The molecule has 2 saturated carbocycles. The average Bonchev–Trinajstić information content (AvgIpc) is 2.99. The lowest BCUT2D eigenvalue weighted by molar-refractivity contribution is -0.150. The predicted octanol–water partition coefficient (Wildman–Crippen LogP) is 3.29. The molecule has 1 heterocycles. The van der Waals surface area contributed by atoms with Crippen molar-refractivity contribution >= 4 is 0 Å². The van der Waals surface area contributed by atoms with Crippen LogP contribution in [0.5, 0.6) is 0 Å². The molecule has 4 aliphatic rings.